The van der Waals surface area contributed by atoms with E-state index in [1.54, 1.807) is 6.08 Å². The maximum atomic E-state index is 10.00. The molecule has 0 spiro atoms. The van der Waals surface area contributed by atoms with Crippen LogP contribution in [0.4, 0.5) is 0 Å². The lowest BCUT2D eigenvalue weighted by Crippen LogP contribution is -1.81. The van der Waals surface area contributed by atoms with E-state index in [9.17, 15) is 5.11 Å². The topological polar surface area (TPSA) is 19.9 Å². The minimum Gasteiger partial charge on any atom is -0.299 e. The summed E-state index contributed by atoms with van der Waals surface area (Å²) in [6.45, 7) is 2.27. The van der Waals surface area contributed by atoms with Crippen LogP contribution in [-0.4, -0.2) is 0 Å². The van der Waals surface area contributed by atoms with Gasteiger partial charge in [-0.2, -0.15) is 0 Å². The van der Waals surface area contributed by atoms with Crippen LogP contribution >= 0.6 is 0 Å². The molecule has 0 unspecified atom stereocenters. The number of rotatable bonds is 12. The third kappa shape index (κ3) is 15.3. The summed E-state index contributed by atoms with van der Waals surface area (Å²) in [6.07, 6.45) is 21.2. The van der Waals surface area contributed by atoms with Crippen molar-refractivity contribution in [1.29, 1.82) is 0 Å². The Balaban J connectivity index is 2.98. The van der Waals surface area contributed by atoms with Crippen molar-refractivity contribution < 1.29 is 5.11 Å². The molecule has 0 bridgehead atoms. The quantitative estimate of drug-likeness (QED) is 0.232. The fourth-order valence-electron chi connectivity index (χ4n) is 1.97. The molecule has 0 saturated carbocycles. The van der Waals surface area contributed by atoms with E-state index in [-0.39, 0.29) is 0 Å². The summed E-state index contributed by atoms with van der Waals surface area (Å²) < 4.78 is 0. The van der Waals surface area contributed by atoms with Crippen LogP contribution in [0.15, 0.2) is 24.5 Å². The van der Waals surface area contributed by atoms with Crippen molar-refractivity contribution in [2.45, 2.75) is 77.6 Å². The summed E-state index contributed by atoms with van der Waals surface area (Å²) in [4.78, 5) is 0. The fourth-order valence-corrected chi connectivity index (χ4v) is 1.97. The lowest BCUT2D eigenvalue weighted by molar-refractivity contribution is 0.352. The predicted molar refractivity (Wildman–Crippen MR) is 75.4 cm³/mol. The van der Waals surface area contributed by atoms with Crippen molar-refractivity contribution in [3.05, 3.63) is 24.5 Å². The van der Waals surface area contributed by atoms with Crippen LogP contribution in [0.2, 0.25) is 0 Å². The lowest BCUT2D eigenvalue weighted by atomic mass is 10.1. The lowest BCUT2D eigenvalue weighted by Gasteiger charge is -2.01. The van der Waals surface area contributed by atoms with Gasteiger partial charge in [-0.3, -0.25) is 5.11 Å². The predicted octanol–water partition coefficient (Wildman–Crippen LogP) is 5.80. The summed E-state index contributed by atoms with van der Waals surface area (Å²) in [5, 5.41) is 10.00. The molecule has 0 atom stereocenters. The Morgan fingerprint density at radius 3 is 1.76 bits per heavy atom. The molecule has 0 N–H and O–H groups in total. The molecular formula is C16H29O. The van der Waals surface area contributed by atoms with Crippen LogP contribution in [0.1, 0.15) is 77.6 Å². The molecule has 0 heterocycles. The van der Waals surface area contributed by atoms with E-state index < -0.39 is 0 Å². The summed E-state index contributed by atoms with van der Waals surface area (Å²) in [6, 6.07) is 0. The maximum Gasteiger partial charge on any atom is 0.142 e. The van der Waals surface area contributed by atoms with Gasteiger partial charge in [0.15, 0.2) is 0 Å². The number of allylic oxidation sites excluding steroid dienone is 3. The molecule has 0 fully saturated rings. The average molecular weight is 237 g/mol. The second-order valence-corrected chi connectivity index (χ2v) is 4.73. The standard InChI is InChI=1S/C16H29O/c1-2-3-4-5-6-7-8-9-10-11-12-13-14-15-16-17/h13-16H,2-12H2,1H3. The summed E-state index contributed by atoms with van der Waals surface area (Å²) in [5.41, 5.74) is 0. The van der Waals surface area contributed by atoms with Gasteiger partial charge >= 0.3 is 0 Å². The minimum atomic E-state index is 0.828. The molecule has 0 aliphatic heterocycles. The molecule has 17 heavy (non-hydrogen) atoms. The highest BCUT2D eigenvalue weighted by Gasteiger charge is 1.91. The fraction of sp³-hybridized carbons (Fsp3) is 0.750. The van der Waals surface area contributed by atoms with Gasteiger partial charge in [0.05, 0.1) is 0 Å². The molecule has 0 aliphatic rings. The smallest absolute Gasteiger partial charge is 0.142 e. The first-order valence-electron chi connectivity index (χ1n) is 7.35. The van der Waals surface area contributed by atoms with Crippen LogP contribution in [0.25, 0.3) is 0 Å². The first kappa shape index (κ1) is 16.3. The Bertz CT molecular complexity index is 182. The van der Waals surface area contributed by atoms with Gasteiger partial charge in [0, 0.05) is 0 Å². The van der Waals surface area contributed by atoms with Gasteiger partial charge in [-0.25, -0.2) is 0 Å². The Kier molecular flexibility index (Phi) is 14.6. The monoisotopic (exact) mass is 237 g/mol. The number of unbranched alkanes of at least 4 members (excludes halogenated alkanes) is 10. The van der Waals surface area contributed by atoms with Crippen molar-refractivity contribution >= 4 is 0 Å². The highest BCUT2D eigenvalue weighted by atomic mass is 16.2. The normalized spacial score (nSPS) is 11.8. The van der Waals surface area contributed by atoms with Gasteiger partial charge in [-0.15, -0.1) is 0 Å². The Morgan fingerprint density at radius 2 is 1.24 bits per heavy atom. The molecule has 1 radical (unpaired) electrons. The van der Waals surface area contributed by atoms with E-state index in [0.29, 0.717) is 0 Å². The third-order valence-electron chi connectivity index (χ3n) is 3.05. The van der Waals surface area contributed by atoms with E-state index in [0.717, 1.165) is 12.7 Å². The number of hydrogen-bond acceptors (Lipinski definition) is 0. The summed E-state index contributed by atoms with van der Waals surface area (Å²) in [5.74, 6) is 0. The van der Waals surface area contributed by atoms with Crippen molar-refractivity contribution in [3.8, 4) is 0 Å². The first-order chi connectivity index (χ1) is 8.41. The zero-order valence-electron chi connectivity index (χ0n) is 11.5. The Morgan fingerprint density at radius 1 is 0.706 bits per heavy atom. The summed E-state index contributed by atoms with van der Waals surface area (Å²) >= 11 is 0. The molecule has 0 aromatic carbocycles. The van der Waals surface area contributed by atoms with Crippen molar-refractivity contribution in [2.24, 2.45) is 0 Å². The maximum absolute atomic E-state index is 10.00. The Hall–Kier alpha value is -0.720. The van der Waals surface area contributed by atoms with Crippen LogP contribution in [0, 0.1) is 0 Å². The SMILES string of the molecule is CCCCCCCCCCCCC=CC=C[O]. The first-order valence-corrected chi connectivity index (χ1v) is 7.35. The molecule has 99 valence electrons. The van der Waals surface area contributed by atoms with Crippen molar-refractivity contribution in [3.63, 3.8) is 0 Å². The van der Waals surface area contributed by atoms with Gasteiger partial charge in [-0.05, 0) is 18.9 Å². The van der Waals surface area contributed by atoms with Crippen molar-refractivity contribution in [2.75, 3.05) is 0 Å². The second-order valence-electron chi connectivity index (χ2n) is 4.73. The molecule has 0 aromatic heterocycles. The zero-order valence-corrected chi connectivity index (χ0v) is 11.5. The van der Waals surface area contributed by atoms with Gasteiger partial charge in [0.1, 0.15) is 6.26 Å². The minimum absolute atomic E-state index is 0.828. The largest absolute Gasteiger partial charge is 0.299 e. The second kappa shape index (κ2) is 15.3. The van der Waals surface area contributed by atoms with Gasteiger partial charge in [0.25, 0.3) is 0 Å². The molecular weight excluding hydrogens is 208 g/mol. The highest BCUT2D eigenvalue weighted by molar-refractivity contribution is 4.98. The van der Waals surface area contributed by atoms with E-state index in [2.05, 4.69) is 13.0 Å². The van der Waals surface area contributed by atoms with Crippen LogP contribution < -0.4 is 0 Å². The molecule has 0 aliphatic carbocycles. The molecule has 0 aromatic rings. The average Bonchev–Trinajstić information content (AvgIpc) is 2.35. The molecule has 0 rings (SSSR count). The van der Waals surface area contributed by atoms with Crippen molar-refractivity contribution in [1.82, 2.24) is 0 Å². The molecule has 1 nitrogen and oxygen atoms in total. The summed E-state index contributed by atoms with van der Waals surface area (Å²) in [7, 11) is 0. The van der Waals surface area contributed by atoms with Gasteiger partial charge in [0.2, 0.25) is 0 Å². The molecule has 0 amide bonds. The van der Waals surface area contributed by atoms with Gasteiger partial charge in [-0.1, -0.05) is 76.9 Å². The molecule has 1 heteroatoms. The van der Waals surface area contributed by atoms with Crippen LogP contribution in [0.3, 0.4) is 0 Å². The Labute approximate surface area is 108 Å². The van der Waals surface area contributed by atoms with Gasteiger partial charge < -0.3 is 0 Å². The van der Waals surface area contributed by atoms with E-state index in [1.165, 1.54) is 64.2 Å². The zero-order chi connectivity index (χ0) is 12.6. The van der Waals surface area contributed by atoms with E-state index in [4.69, 9.17) is 0 Å². The van der Waals surface area contributed by atoms with Crippen LogP contribution in [0.5, 0.6) is 0 Å². The molecule has 0 saturated heterocycles. The van der Waals surface area contributed by atoms with E-state index in [1.807, 2.05) is 6.08 Å². The highest BCUT2D eigenvalue weighted by Crippen LogP contribution is 2.11. The third-order valence-corrected chi connectivity index (χ3v) is 3.05. The number of hydrogen-bond donors (Lipinski definition) is 0. The van der Waals surface area contributed by atoms with E-state index >= 15 is 0 Å². The van der Waals surface area contributed by atoms with Crippen LogP contribution in [-0.2, 0) is 5.11 Å².